The summed E-state index contributed by atoms with van der Waals surface area (Å²) < 4.78 is 1.99. The molecule has 1 atom stereocenters. The summed E-state index contributed by atoms with van der Waals surface area (Å²) in [4.78, 5) is 6.73. The van der Waals surface area contributed by atoms with Crippen LogP contribution in [-0.2, 0) is 19.5 Å². The predicted molar refractivity (Wildman–Crippen MR) is 85.2 cm³/mol. The lowest BCUT2D eigenvalue weighted by atomic mass is 9.93. The number of aliphatic hydroxyl groups excluding tert-OH is 1. The van der Waals surface area contributed by atoms with Crippen LogP contribution in [0.25, 0.3) is 0 Å². The maximum absolute atomic E-state index is 9.87. The summed E-state index contributed by atoms with van der Waals surface area (Å²) in [5, 5.41) is 14.2. The highest BCUT2D eigenvalue weighted by molar-refractivity contribution is 5.32. The number of rotatable bonds is 5. The minimum absolute atomic E-state index is 0.0501. The van der Waals surface area contributed by atoms with E-state index < -0.39 is 0 Å². The first-order valence-electron chi connectivity index (χ1n) is 7.98. The van der Waals surface area contributed by atoms with Gasteiger partial charge in [-0.3, -0.25) is 4.90 Å². The van der Waals surface area contributed by atoms with Crippen LogP contribution in [-0.4, -0.2) is 37.9 Å². The van der Waals surface area contributed by atoms with Crippen molar-refractivity contribution >= 4 is 0 Å². The molecule has 0 radical (unpaired) electrons. The van der Waals surface area contributed by atoms with Gasteiger partial charge in [-0.05, 0) is 23.5 Å². The number of fused-ring (bicyclic) bond motifs is 1. The van der Waals surface area contributed by atoms with Crippen LogP contribution in [0.3, 0.4) is 0 Å². The second-order valence-electron chi connectivity index (χ2n) is 6.37. The summed E-state index contributed by atoms with van der Waals surface area (Å²) in [6.07, 6.45) is 2.65. The second-order valence-corrected chi connectivity index (χ2v) is 6.37. The number of benzene rings is 1. The molecule has 1 N–H and O–H groups in total. The first-order chi connectivity index (χ1) is 10.7. The van der Waals surface area contributed by atoms with Crippen molar-refractivity contribution in [1.82, 2.24) is 19.7 Å². The Morgan fingerprint density at radius 3 is 2.91 bits per heavy atom. The highest BCUT2D eigenvalue weighted by atomic mass is 16.3. The lowest BCUT2D eigenvalue weighted by Crippen LogP contribution is -2.37. The highest BCUT2D eigenvalue weighted by Crippen LogP contribution is 2.30. The van der Waals surface area contributed by atoms with Crippen LogP contribution in [0, 0.1) is 5.92 Å². The first kappa shape index (κ1) is 15.2. The Balaban J connectivity index is 1.80. The molecule has 0 fully saturated rings. The molecule has 3 rings (SSSR count). The Kier molecular flexibility index (Phi) is 4.55. The minimum Gasteiger partial charge on any atom is -0.394 e. The van der Waals surface area contributed by atoms with Gasteiger partial charge in [-0.25, -0.2) is 9.67 Å². The van der Waals surface area contributed by atoms with Crippen molar-refractivity contribution in [2.24, 2.45) is 5.92 Å². The van der Waals surface area contributed by atoms with Crippen LogP contribution in [0.2, 0.25) is 0 Å². The van der Waals surface area contributed by atoms with E-state index in [2.05, 4.69) is 47.0 Å². The van der Waals surface area contributed by atoms with Crippen LogP contribution < -0.4 is 0 Å². The van der Waals surface area contributed by atoms with Crippen LogP contribution in [0.15, 0.2) is 30.6 Å². The summed E-state index contributed by atoms with van der Waals surface area (Å²) in [5.74, 6) is 1.52. The van der Waals surface area contributed by atoms with Crippen LogP contribution in [0.1, 0.15) is 36.8 Å². The molecule has 0 aliphatic carbocycles. The maximum Gasteiger partial charge on any atom is 0.141 e. The molecule has 2 heterocycles. The van der Waals surface area contributed by atoms with Crippen molar-refractivity contribution in [1.29, 1.82) is 0 Å². The van der Waals surface area contributed by atoms with Gasteiger partial charge >= 0.3 is 0 Å². The molecule has 5 nitrogen and oxygen atoms in total. The zero-order chi connectivity index (χ0) is 15.5. The number of aliphatic hydroxyl groups is 1. The van der Waals surface area contributed by atoms with Crippen LogP contribution >= 0.6 is 0 Å². The molecule has 0 unspecified atom stereocenters. The van der Waals surface area contributed by atoms with E-state index in [1.54, 1.807) is 6.33 Å². The highest BCUT2D eigenvalue weighted by Gasteiger charge is 2.27. The van der Waals surface area contributed by atoms with Gasteiger partial charge < -0.3 is 5.11 Å². The van der Waals surface area contributed by atoms with Gasteiger partial charge in [-0.1, -0.05) is 38.1 Å². The van der Waals surface area contributed by atoms with Gasteiger partial charge in [-0.15, -0.1) is 0 Å². The van der Waals surface area contributed by atoms with Gasteiger partial charge in [0, 0.05) is 13.1 Å². The molecule has 1 aliphatic rings. The Labute approximate surface area is 131 Å². The molecule has 0 spiro atoms. The SMILES string of the molecule is CC(C)Cn1ncnc1CN1CCc2ccccc2[C@@H]1CO. The van der Waals surface area contributed by atoms with Gasteiger partial charge in [0.1, 0.15) is 12.2 Å². The molecule has 5 heteroatoms. The minimum atomic E-state index is 0.0501. The molecule has 0 bridgehead atoms. The van der Waals surface area contributed by atoms with Gasteiger partial charge in [0.2, 0.25) is 0 Å². The Bertz CT molecular complexity index is 623. The molecule has 0 saturated heterocycles. The van der Waals surface area contributed by atoms with E-state index in [-0.39, 0.29) is 12.6 Å². The number of aromatic nitrogens is 3. The van der Waals surface area contributed by atoms with E-state index in [4.69, 9.17) is 0 Å². The van der Waals surface area contributed by atoms with Gasteiger partial charge in [0.05, 0.1) is 19.2 Å². The normalized spacial score (nSPS) is 18.6. The van der Waals surface area contributed by atoms with E-state index in [9.17, 15) is 5.11 Å². The smallest absolute Gasteiger partial charge is 0.141 e. The summed E-state index contributed by atoms with van der Waals surface area (Å²) in [5.41, 5.74) is 2.59. The molecule has 22 heavy (non-hydrogen) atoms. The monoisotopic (exact) mass is 300 g/mol. The number of nitrogens with zero attached hydrogens (tertiary/aromatic N) is 4. The van der Waals surface area contributed by atoms with E-state index in [1.807, 2.05) is 10.7 Å². The lowest BCUT2D eigenvalue weighted by Gasteiger charge is -2.36. The van der Waals surface area contributed by atoms with E-state index in [0.29, 0.717) is 5.92 Å². The molecule has 0 saturated carbocycles. The summed E-state index contributed by atoms with van der Waals surface area (Å²) in [7, 11) is 0. The molecule has 1 aliphatic heterocycles. The van der Waals surface area contributed by atoms with Crippen molar-refractivity contribution < 1.29 is 5.11 Å². The van der Waals surface area contributed by atoms with Crippen molar-refractivity contribution in [2.75, 3.05) is 13.2 Å². The largest absolute Gasteiger partial charge is 0.394 e. The quantitative estimate of drug-likeness (QED) is 0.918. The fourth-order valence-electron chi connectivity index (χ4n) is 3.20. The third-order valence-electron chi connectivity index (χ3n) is 4.27. The van der Waals surface area contributed by atoms with E-state index in [1.165, 1.54) is 11.1 Å². The Hall–Kier alpha value is -1.72. The summed E-state index contributed by atoms with van der Waals surface area (Å²) in [6.45, 7) is 7.04. The van der Waals surface area contributed by atoms with Gasteiger partial charge in [0.25, 0.3) is 0 Å². The fraction of sp³-hybridized carbons (Fsp3) is 0.529. The first-order valence-corrected chi connectivity index (χ1v) is 7.98. The molecule has 1 aromatic heterocycles. The average molecular weight is 300 g/mol. The molecular weight excluding hydrogens is 276 g/mol. The Morgan fingerprint density at radius 1 is 1.32 bits per heavy atom. The number of hydrogen-bond donors (Lipinski definition) is 1. The third-order valence-corrected chi connectivity index (χ3v) is 4.27. The van der Waals surface area contributed by atoms with Crippen LogP contribution in [0.5, 0.6) is 0 Å². The molecule has 1 aromatic carbocycles. The zero-order valence-corrected chi connectivity index (χ0v) is 13.3. The second kappa shape index (κ2) is 6.58. The number of hydrogen-bond acceptors (Lipinski definition) is 4. The average Bonchev–Trinajstić information content (AvgIpc) is 2.93. The molecule has 2 aromatic rings. The van der Waals surface area contributed by atoms with Crippen molar-refractivity contribution in [2.45, 2.75) is 39.4 Å². The maximum atomic E-state index is 9.87. The van der Waals surface area contributed by atoms with Crippen molar-refractivity contribution in [3.8, 4) is 0 Å². The topological polar surface area (TPSA) is 54.2 Å². The molecule has 118 valence electrons. The Morgan fingerprint density at radius 2 is 2.14 bits per heavy atom. The molecular formula is C17H24N4O. The van der Waals surface area contributed by atoms with E-state index in [0.717, 1.165) is 31.9 Å². The third kappa shape index (κ3) is 3.05. The lowest BCUT2D eigenvalue weighted by molar-refractivity contribution is 0.104. The summed E-state index contributed by atoms with van der Waals surface area (Å²) in [6, 6.07) is 8.46. The molecule has 0 amide bonds. The van der Waals surface area contributed by atoms with Crippen molar-refractivity contribution in [3.05, 3.63) is 47.5 Å². The fourth-order valence-corrected chi connectivity index (χ4v) is 3.20. The standard InChI is InChI=1S/C17H24N4O/c1-13(2)9-21-17(18-12-19-21)10-20-8-7-14-5-3-4-6-15(14)16(20)11-22/h3-6,12-13,16,22H,7-11H2,1-2H3/t16-/m0/s1. The predicted octanol–water partition coefficient (Wildman–Crippen LogP) is 2.03. The van der Waals surface area contributed by atoms with Crippen molar-refractivity contribution in [3.63, 3.8) is 0 Å². The summed E-state index contributed by atoms with van der Waals surface area (Å²) >= 11 is 0. The zero-order valence-electron chi connectivity index (χ0n) is 13.3. The van der Waals surface area contributed by atoms with Crippen LogP contribution in [0.4, 0.5) is 0 Å². The van der Waals surface area contributed by atoms with E-state index >= 15 is 0 Å². The van der Waals surface area contributed by atoms with Gasteiger partial charge in [-0.2, -0.15) is 5.10 Å². The van der Waals surface area contributed by atoms with Gasteiger partial charge in [0.15, 0.2) is 0 Å².